The Kier molecular flexibility index (Phi) is 4.44. The number of carboxylic acid groups (broad SMARTS) is 1. The fourth-order valence-electron chi connectivity index (χ4n) is 3.55. The van der Waals surface area contributed by atoms with Gasteiger partial charge < -0.3 is 9.84 Å². The maximum atomic E-state index is 11.7. The maximum absolute atomic E-state index is 11.7. The van der Waals surface area contributed by atoms with Crippen LogP contribution in [0.5, 0.6) is 5.75 Å². The molecule has 1 N–H and O–H groups in total. The molecule has 0 fully saturated rings. The van der Waals surface area contributed by atoms with E-state index in [4.69, 9.17) is 4.74 Å². The van der Waals surface area contributed by atoms with Crippen LogP contribution in [0.2, 0.25) is 0 Å². The Morgan fingerprint density at radius 1 is 0.897 bits per heavy atom. The van der Waals surface area contributed by atoms with E-state index in [1.165, 1.54) is 13.8 Å². The van der Waals surface area contributed by atoms with Crippen LogP contribution in [0.15, 0.2) is 72.8 Å². The van der Waals surface area contributed by atoms with Gasteiger partial charge in [0.2, 0.25) is 0 Å². The van der Waals surface area contributed by atoms with Crippen LogP contribution in [0.3, 0.4) is 0 Å². The van der Waals surface area contributed by atoms with Gasteiger partial charge in [0, 0.05) is 10.9 Å². The molecule has 0 aliphatic rings. The standard InChI is InChI=1S/C25H19NO3/c1-25(2,24(27)28)29-22-14-12-16-7-3-4-9-19(16)23(22)21-13-11-17(15-26)18-8-5-6-10-20(18)21/h3-14H,1-2H3,(H,27,28). The van der Waals surface area contributed by atoms with Gasteiger partial charge in [0.05, 0.1) is 11.6 Å². The van der Waals surface area contributed by atoms with Gasteiger partial charge in [0.25, 0.3) is 0 Å². The fourth-order valence-corrected chi connectivity index (χ4v) is 3.55. The molecule has 4 heteroatoms. The number of carbonyl (C=O) groups is 1. The molecule has 0 amide bonds. The molecule has 0 spiro atoms. The molecule has 0 unspecified atom stereocenters. The van der Waals surface area contributed by atoms with Crippen molar-refractivity contribution in [1.29, 1.82) is 5.26 Å². The lowest BCUT2D eigenvalue weighted by atomic mass is 9.91. The number of nitriles is 1. The molecule has 142 valence electrons. The summed E-state index contributed by atoms with van der Waals surface area (Å²) in [6, 6.07) is 25.3. The first-order valence-corrected chi connectivity index (χ1v) is 9.29. The van der Waals surface area contributed by atoms with Gasteiger partial charge in [-0.2, -0.15) is 5.26 Å². The predicted octanol–water partition coefficient (Wildman–Crippen LogP) is 5.77. The van der Waals surface area contributed by atoms with Gasteiger partial charge >= 0.3 is 5.97 Å². The second-order valence-corrected chi connectivity index (χ2v) is 7.40. The predicted molar refractivity (Wildman–Crippen MR) is 114 cm³/mol. The Labute approximate surface area is 168 Å². The summed E-state index contributed by atoms with van der Waals surface area (Å²) in [6.07, 6.45) is 0. The van der Waals surface area contributed by atoms with E-state index in [-0.39, 0.29) is 0 Å². The van der Waals surface area contributed by atoms with Crippen LogP contribution in [-0.2, 0) is 4.79 Å². The second-order valence-electron chi connectivity index (χ2n) is 7.40. The largest absolute Gasteiger partial charge is 0.478 e. The number of benzene rings is 4. The Balaban J connectivity index is 2.08. The number of ether oxygens (including phenoxy) is 1. The Morgan fingerprint density at radius 2 is 1.55 bits per heavy atom. The van der Waals surface area contributed by atoms with Gasteiger partial charge in [-0.3, -0.25) is 0 Å². The minimum absolute atomic E-state index is 0.492. The Morgan fingerprint density at radius 3 is 2.24 bits per heavy atom. The van der Waals surface area contributed by atoms with E-state index in [0.717, 1.165) is 32.7 Å². The van der Waals surface area contributed by atoms with E-state index in [1.54, 1.807) is 6.07 Å². The average Bonchev–Trinajstić information content (AvgIpc) is 2.73. The molecule has 0 aliphatic heterocycles. The molecule has 4 rings (SSSR count). The van der Waals surface area contributed by atoms with Gasteiger partial charge in [-0.15, -0.1) is 0 Å². The third-order valence-corrected chi connectivity index (χ3v) is 5.08. The fraction of sp³-hybridized carbons (Fsp3) is 0.120. The normalized spacial score (nSPS) is 11.3. The second kappa shape index (κ2) is 6.96. The van der Waals surface area contributed by atoms with Crippen LogP contribution >= 0.6 is 0 Å². The van der Waals surface area contributed by atoms with E-state index in [2.05, 4.69) is 6.07 Å². The van der Waals surface area contributed by atoms with E-state index >= 15 is 0 Å². The Bertz CT molecular complexity index is 1300. The summed E-state index contributed by atoms with van der Waals surface area (Å²) in [7, 11) is 0. The molecule has 0 radical (unpaired) electrons. The molecule has 4 aromatic carbocycles. The van der Waals surface area contributed by atoms with Crippen LogP contribution in [-0.4, -0.2) is 16.7 Å². The Hall–Kier alpha value is -3.84. The van der Waals surface area contributed by atoms with Crippen LogP contribution in [0.1, 0.15) is 19.4 Å². The molecule has 0 bridgehead atoms. The molecule has 4 nitrogen and oxygen atoms in total. The van der Waals surface area contributed by atoms with Crippen molar-refractivity contribution in [3.8, 4) is 22.9 Å². The summed E-state index contributed by atoms with van der Waals surface area (Å²) in [6.45, 7) is 3.07. The van der Waals surface area contributed by atoms with Crippen LogP contribution in [0.25, 0.3) is 32.7 Å². The summed E-state index contributed by atoms with van der Waals surface area (Å²) < 4.78 is 6.00. The molecule has 0 atom stereocenters. The summed E-state index contributed by atoms with van der Waals surface area (Å²) in [5.74, 6) is -0.549. The lowest BCUT2D eigenvalue weighted by Gasteiger charge is -2.25. The summed E-state index contributed by atoms with van der Waals surface area (Å²) in [5, 5.41) is 22.8. The van der Waals surface area contributed by atoms with E-state index in [9.17, 15) is 15.2 Å². The lowest BCUT2D eigenvalue weighted by molar-refractivity contribution is -0.152. The number of fused-ring (bicyclic) bond motifs is 2. The van der Waals surface area contributed by atoms with Gasteiger partial charge in [-0.1, -0.05) is 60.7 Å². The molecule has 0 saturated heterocycles. The number of nitrogens with zero attached hydrogens (tertiary/aromatic N) is 1. The zero-order valence-electron chi connectivity index (χ0n) is 16.1. The quantitative estimate of drug-likeness (QED) is 0.487. The molecular weight excluding hydrogens is 362 g/mol. The third kappa shape index (κ3) is 3.17. The summed E-state index contributed by atoms with van der Waals surface area (Å²) in [4.78, 5) is 11.7. The number of carboxylic acids is 1. The maximum Gasteiger partial charge on any atom is 0.347 e. The number of hydrogen-bond acceptors (Lipinski definition) is 3. The molecule has 0 heterocycles. The lowest BCUT2D eigenvalue weighted by Crippen LogP contribution is -2.38. The molecule has 4 aromatic rings. The average molecular weight is 381 g/mol. The third-order valence-electron chi connectivity index (χ3n) is 5.08. The van der Waals surface area contributed by atoms with E-state index in [0.29, 0.717) is 11.3 Å². The number of aliphatic carboxylic acids is 1. The number of rotatable bonds is 4. The first kappa shape index (κ1) is 18.5. The van der Waals surface area contributed by atoms with Crippen molar-refractivity contribution < 1.29 is 14.6 Å². The highest BCUT2D eigenvalue weighted by Crippen LogP contribution is 2.42. The van der Waals surface area contributed by atoms with Crippen molar-refractivity contribution in [3.63, 3.8) is 0 Å². The van der Waals surface area contributed by atoms with E-state index in [1.807, 2.05) is 66.7 Å². The van der Waals surface area contributed by atoms with Crippen molar-refractivity contribution >= 4 is 27.5 Å². The summed E-state index contributed by atoms with van der Waals surface area (Å²) in [5.41, 5.74) is 0.920. The van der Waals surface area contributed by atoms with Crippen LogP contribution in [0, 0.1) is 11.3 Å². The molecular formula is C25H19NO3. The molecule has 0 saturated carbocycles. The first-order valence-electron chi connectivity index (χ1n) is 9.29. The monoisotopic (exact) mass is 381 g/mol. The first-order chi connectivity index (χ1) is 13.9. The minimum atomic E-state index is -1.39. The number of hydrogen-bond donors (Lipinski definition) is 1. The topological polar surface area (TPSA) is 70.3 Å². The molecule has 29 heavy (non-hydrogen) atoms. The highest BCUT2D eigenvalue weighted by molar-refractivity contribution is 6.08. The SMILES string of the molecule is CC(C)(Oc1ccc2ccccc2c1-c1ccc(C#N)c2ccccc12)C(=O)O. The van der Waals surface area contributed by atoms with Gasteiger partial charge in [0.15, 0.2) is 5.60 Å². The zero-order valence-corrected chi connectivity index (χ0v) is 16.1. The van der Waals surface area contributed by atoms with Crippen molar-refractivity contribution in [2.45, 2.75) is 19.4 Å². The molecule has 0 aromatic heterocycles. The minimum Gasteiger partial charge on any atom is -0.478 e. The van der Waals surface area contributed by atoms with Gasteiger partial charge in [-0.05, 0) is 47.7 Å². The molecule has 0 aliphatic carbocycles. The highest BCUT2D eigenvalue weighted by atomic mass is 16.5. The van der Waals surface area contributed by atoms with E-state index < -0.39 is 11.6 Å². The highest BCUT2D eigenvalue weighted by Gasteiger charge is 2.31. The zero-order chi connectivity index (χ0) is 20.6. The van der Waals surface area contributed by atoms with Crippen LogP contribution < -0.4 is 4.74 Å². The van der Waals surface area contributed by atoms with Crippen LogP contribution in [0.4, 0.5) is 0 Å². The van der Waals surface area contributed by atoms with Crippen molar-refractivity contribution in [1.82, 2.24) is 0 Å². The van der Waals surface area contributed by atoms with Gasteiger partial charge in [0.1, 0.15) is 5.75 Å². The smallest absolute Gasteiger partial charge is 0.347 e. The van der Waals surface area contributed by atoms with Crippen molar-refractivity contribution in [2.24, 2.45) is 0 Å². The van der Waals surface area contributed by atoms with Crippen molar-refractivity contribution in [3.05, 3.63) is 78.4 Å². The van der Waals surface area contributed by atoms with Gasteiger partial charge in [-0.25, -0.2) is 4.79 Å². The van der Waals surface area contributed by atoms with Crippen molar-refractivity contribution in [2.75, 3.05) is 0 Å². The summed E-state index contributed by atoms with van der Waals surface area (Å²) >= 11 is 0.